The normalized spacial score (nSPS) is 19.7. The summed E-state index contributed by atoms with van der Waals surface area (Å²) in [5.74, 6) is 1.09. The van der Waals surface area contributed by atoms with E-state index in [0.717, 1.165) is 62.8 Å². The molecule has 0 bridgehead atoms. The van der Waals surface area contributed by atoms with E-state index in [4.69, 9.17) is 0 Å². The number of hydrogen-bond acceptors (Lipinski definition) is 4. The molecule has 0 spiro atoms. The van der Waals surface area contributed by atoms with E-state index in [1.807, 2.05) is 42.9 Å². The van der Waals surface area contributed by atoms with Gasteiger partial charge < -0.3 is 14.0 Å². The molecule has 0 aromatic carbocycles. The zero-order valence-electron chi connectivity index (χ0n) is 19.7. The summed E-state index contributed by atoms with van der Waals surface area (Å²) in [6, 6.07) is 3.76. The zero-order valence-corrected chi connectivity index (χ0v) is 19.7. The van der Waals surface area contributed by atoms with Crippen LogP contribution >= 0.6 is 0 Å². The van der Waals surface area contributed by atoms with Crippen LogP contribution in [0.5, 0.6) is 0 Å². The quantitative estimate of drug-likeness (QED) is 0.540. The van der Waals surface area contributed by atoms with Crippen molar-refractivity contribution >= 4 is 17.1 Å². The topological polar surface area (TPSA) is 89.2 Å². The highest BCUT2D eigenvalue weighted by atomic mass is 16.1. The molecule has 2 unspecified atom stereocenters. The lowest BCUT2D eigenvalue weighted by molar-refractivity contribution is -0.123. The molecule has 3 heterocycles. The van der Waals surface area contributed by atoms with Gasteiger partial charge in [0.05, 0.1) is 0 Å². The Morgan fingerprint density at radius 1 is 1.09 bits per heavy atom. The number of ketones is 2. The summed E-state index contributed by atoms with van der Waals surface area (Å²) in [6.07, 6.45) is 13.7. The lowest BCUT2D eigenvalue weighted by Gasteiger charge is -2.15. The number of aromatic amines is 1. The van der Waals surface area contributed by atoms with E-state index >= 15 is 0 Å². The summed E-state index contributed by atoms with van der Waals surface area (Å²) >= 11 is 0. The molecule has 0 radical (unpaired) electrons. The lowest BCUT2D eigenvalue weighted by Crippen LogP contribution is -2.19. The van der Waals surface area contributed by atoms with Crippen LogP contribution in [0.15, 0.2) is 35.5 Å². The summed E-state index contributed by atoms with van der Waals surface area (Å²) in [5, 5.41) is 0. The lowest BCUT2D eigenvalue weighted by atomic mass is 9.89. The number of nitrogens with one attached hydrogen (secondary N) is 1. The molecule has 0 saturated heterocycles. The van der Waals surface area contributed by atoms with Crippen molar-refractivity contribution in [3.8, 4) is 0 Å². The highest BCUT2D eigenvalue weighted by Gasteiger charge is 2.26. The summed E-state index contributed by atoms with van der Waals surface area (Å²) in [4.78, 5) is 45.3. The van der Waals surface area contributed by atoms with Crippen molar-refractivity contribution in [1.82, 2.24) is 18.9 Å². The third-order valence-electron chi connectivity index (χ3n) is 7.11. The largest absolute Gasteiger partial charge is 0.332 e. The van der Waals surface area contributed by atoms with Gasteiger partial charge in [-0.2, -0.15) is 0 Å². The average molecular weight is 451 g/mol. The molecular formula is C26H34N4O3. The van der Waals surface area contributed by atoms with Gasteiger partial charge in [-0.1, -0.05) is 19.3 Å². The van der Waals surface area contributed by atoms with Crippen LogP contribution in [0, 0.1) is 18.8 Å². The van der Waals surface area contributed by atoms with Crippen LogP contribution in [0.2, 0.25) is 0 Å². The van der Waals surface area contributed by atoms with Crippen molar-refractivity contribution in [2.45, 2.75) is 71.1 Å². The predicted molar refractivity (Wildman–Crippen MR) is 128 cm³/mol. The molecule has 1 N–H and O–H groups in total. The number of Topliss-reactive ketones (excluding diaryl/α,β-unsaturated/α-hetero) is 2. The van der Waals surface area contributed by atoms with Crippen LogP contribution in [0.1, 0.15) is 79.8 Å². The van der Waals surface area contributed by atoms with Gasteiger partial charge in [0.25, 0.3) is 5.56 Å². The van der Waals surface area contributed by atoms with Gasteiger partial charge in [0.2, 0.25) is 5.78 Å². The minimum atomic E-state index is -0.0853. The van der Waals surface area contributed by atoms with Crippen LogP contribution < -0.4 is 5.56 Å². The molecule has 176 valence electrons. The van der Waals surface area contributed by atoms with Gasteiger partial charge in [-0.15, -0.1) is 0 Å². The number of H-pyrrole nitrogens is 1. The maximum absolute atomic E-state index is 12.9. The first kappa shape index (κ1) is 23.2. The van der Waals surface area contributed by atoms with Crippen molar-refractivity contribution in [3.63, 3.8) is 0 Å². The first-order chi connectivity index (χ1) is 15.9. The Morgan fingerprint density at radius 2 is 1.82 bits per heavy atom. The van der Waals surface area contributed by atoms with Gasteiger partial charge in [0, 0.05) is 55.3 Å². The van der Waals surface area contributed by atoms with Crippen LogP contribution in [-0.2, 0) is 18.3 Å². The average Bonchev–Trinajstić information content (AvgIpc) is 3.41. The number of rotatable bonds is 7. The highest BCUT2D eigenvalue weighted by Crippen LogP contribution is 2.28. The first-order valence-corrected chi connectivity index (χ1v) is 12.2. The third-order valence-corrected chi connectivity index (χ3v) is 7.11. The summed E-state index contributed by atoms with van der Waals surface area (Å²) in [7, 11) is 1.86. The van der Waals surface area contributed by atoms with E-state index in [1.165, 1.54) is 0 Å². The number of nitrogens with zero attached hydrogens (tertiary/aromatic N) is 3. The van der Waals surface area contributed by atoms with Gasteiger partial charge in [-0.25, -0.2) is 4.98 Å². The van der Waals surface area contributed by atoms with Crippen molar-refractivity contribution in [1.29, 1.82) is 0 Å². The van der Waals surface area contributed by atoms with Crippen molar-refractivity contribution in [2.75, 3.05) is 0 Å². The number of fused-ring (bicyclic) bond motifs is 1. The van der Waals surface area contributed by atoms with Crippen LogP contribution in [0.3, 0.4) is 0 Å². The van der Waals surface area contributed by atoms with E-state index in [1.54, 1.807) is 10.8 Å². The smallest absolute Gasteiger partial charge is 0.272 e. The molecule has 0 amide bonds. The fourth-order valence-corrected chi connectivity index (χ4v) is 5.14. The van der Waals surface area contributed by atoms with E-state index in [2.05, 4.69) is 9.97 Å². The number of aryl methyl sites for hydroxylation is 3. The SMILES string of the molecule is Cc1ccc2c(=O)[nH]c(CCCC(=O)C3CCCCC(C(=O)c4nccn4C)CCC3)cn12. The number of hydrogen-bond donors (Lipinski definition) is 1. The molecule has 7 heteroatoms. The summed E-state index contributed by atoms with van der Waals surface area (Å²) in [6.45, 7) is 1.98. The van der Waals surface area contributed by atoms with Crippen molar-refractivity contribution < 1.29 is 9.59 Å². The standard InChI is InChI=1S/C26H34N4O3/c1-18-13-14-22-26(33)28-21(17-30(18)22)11-6-12-23(31)19-7-3-4-8-20(10-5-9-19)24(32)25-27-15-16-29(25)2/h13-17,19-20H,3-12H2,1-2H3,(H,28,33). The Hall–Kier alpha value is -2.96. The van der Waals surface area contributed by atoms with Crippen LogP contribution in [0.25, 0.3) is 5.52 Å². The van der Waals surface area contributed by atoms with Gasteiger partial charge in [0.1, 0.15) is 11.3 Å². The Kier molecular flexibility index (Phi) is 7.26. The molecule has 33 heavy (non-hydrogen) atoms. The maximum atomic E-state index is 12.9. The van der Waals surface area contributed by atoms with Gasteiger partial charge in [0.15, 0.2) is 5.82 Å². The second-order valence-electron chi connectivity index (χ2n) is 9.49. The van der Waals surface area contributed by atoms with E-state index in [-0.39, 0.29) is 23.2 Å². The number of imidazole rings is 1. The van der Waals surface area contributed by atoms with Crippen LogP contribution in [-0.4, -0.2) is 30.5 Å². The molecule has 3 aromatic rings. The fraction of sp³-hybridized carbons (Fsp3) is 0.538. The third kappa shape index (κ3) is 5.34. The second kappa shape index (κ2) is 10.3. The molecule has 1 aliphatic carbocycles. The van der Waals surface area contributed by atoms with E-state index in [9.17, 15) is 14.4 Å². The molecule has 1 saturated carbocycles. The van der Waals surface area contributed by atoms with E-state index in [0.29, 0.717) is 30.0 Å². The minimum Gasteiger partial charge on any atom is -0.332 e. The molecule has 7 nitrogen and oxygen atoms in total. The molecule has 4 rings (SSSR count). The molecule has 1 aliphatic rings. The maximum Gasteiger partial charge on any atom is 0.272 e. The Bertz CT molecular complexity index is 1190. The van der Waals surface area contributed by atoms with Crippen molar-refractivity contribution in [3.05, 3.63) is 58.3 Å². The monoisotopic (exact) mass is 450 g/mol. The Labute approximate surface area is 194 Å². The number of carbonyl (C=O) groups is 2. The second-order valence-corrected chi connectivity index (χ2v) is 9.49. The minimum absolute atomic E-state index is 0.00355. The Morgan fingerprint density at radius 3 is 2.58 bits per heavy atom. The number of carbonyl (C=O) groups excluding carboxylic acids is 2. The summed E-state index contributed by atoms with van der Waals surface area (Å²) in [5.41, 5.74) is 2.46. The molecule has 1 fully saturated rings. The highest BCUT2D eigenvalue weighted by molar-refractivity contribution is 5.94. The molecule has 0 aliphatic heterocycles. The fourth-order valence-electron chi connectivity index (χ4n) is 5.14. The first-order valence-electron chi connectivity index (χ1n) is 12.2. The summed E-state index contributed by atoms with van der Waals surface area (Å²) < 4.78 is 3.71. The zero-order chi connectivity index (χ0) is 23.4. The van der Waals surface area contributed by atoms with Gasteiger partial charge in [-0.05, 0) is 57.6 Å². The molecule has 3 aromatic heterocycles. The predicted octanol–water partition coefficient (Wildman–Crippen LogP) is 4.42. The van der Waals surface area contributed by atoms with Gasteiger partial charge >= 0.3 is 0 Å². The molecule has 2 atom stereocenters. The van der Waals surface area contributed by atoms with Crippen molar-refractivity contribution in [2.24, 2.45) is 18.9 Å². The van der Waals surface area contributed by atoms with Gasteiger partial charge in [-0.3, -0.25) is 14.4 Å². The Balaban J connectivity index is 1.29. The molecular weight excluding hydrogens is 416 g/mol. The van der Waals surface area contributed by atoms with E-state index < -0.39 is 0 Å². The number of aromatic nitrogens is 4. The van der Waals surface area contributed by atoms with Crippen LogP contribution in [0.4, 0.5) is 0 Å².